The van der Waals surface area contributed by atoms with Crippen LogP contribution in [-0.4, -0.2) is 24.1 Å². The topological polar surface area (TPSA) is 75.6 Å². The normalized spacial score (nSPS) is 11.0. The number of halogens is 3. The minimum absolute atomic E-state index is 0.208. The maximum atomic E-state index is 13.0. The molecule has 2 aromatic carbocycles. The van der Waals surface area contributed by atoms with Crippen LogP contribution in [0.1, 0.15) is 26.3 Å². The lowest BCUT2D eigenvalue weighted by Crippen LogP contribution is -2.19. The van der Waals surface area contributed by atoms with Crippen LogP contribution < -0.4 is 5.32 Å². The van der Waals surface area contributed by atoms with Gasteiger partial charge in [-0.3, -0.25) is 4.79 Å². The first-order valence-electron chi connectivity index (χ1n) is 6.63. The van der Waals surface area contributed by atoms with E-state index in [-0.39, 0.29) is 11.3 Å². The van der Waals surface area contributed by atoms with Gasteiger partial charge in [0.05, 0.1) is 23.9 Å². The van der Waals surface area contributed by atoms with Crippen molar-refractivity contribution in [3.05, 3.63) is 59.2 Å². The molecule has 0 unspecified atom stereocenters. The molecule has 0 saturated heterocycles. The molecule has 0 saturated carbocycles. The molecule has 8 heteroatoms. The molecule has 2 aromatic rings. The first-order chi connectivity index (χ1) is 11.3. The Hall–Kier alpha value is -3.03. The van der Waals surface area contributed by atoms with E-state index in [4.69, 9.17) is 0 Å². The third-order valence-electron chi connectivity index (χ3n) is 3.17. The van der Waals surface area contributed by atoms with Crippen LogP contribution in [0.3, 0.4) is 0 Å². The second-order valence-electron chi connectivity index (χ2n) is 4.69. The van der Waals surface area contributed by atoms with Gasteiger partial charge in [0.1, 0.15) is 5.56 Å². The van der Waals surface area contributed by atoms with Crippen molar-refractivity contribution in [1.29, 1.82) is 0 Å². The first kappa shape index (κ1) is 17.3. The molecule has 0 aliphatic carbocycles. The zero-order chi connectivity index (χ0) is 17.9. The van der Waals surface area contributed by atoms with E-state index >= 15 is 0 Å². The Morgan fingerprint density at radius 1 is 1.04 bits per heavy atom. The molecular formula is C16H12F3NO4. The Morgan fingerprint density at radius 2 is 1.67 bits per heavy atom. The number of amides is 1. The van der Waals surface area contributed by atoms with Crippen molar-refractivity contribution in [2.24, 2.45) is 0 Å². The summed E-state index contributed by atoms with van der Waals surface area (Å²) < 4.78 is 43.3. The molecule has 0 aliphatic rings. The molecule has 5 nitrogen and oxygen atoms in total. The number of methoxy groups -OCH3 is 1. The lowest BCUT2D eigenvalue weighted by atomic mass is 10.1. The van der Waals surface area contributed by atoms with Crippen LogP contribution in [0.2, 0.25) is 0 Å². The number of aromatic hydroxyl groups is 1. The molecule has 0 aromatic heterocycles. The van der Waals surface area contributed by atoms with E-state index in [2.05, 4.69) is 10.1 Å². The molecule has 0 fully saturated rings. The molecule has 0 bridgehead atoms. The number of hydrogen-bond acceptors (Lipinski definition) is 4. The van der Waals surface area contributed by atoms with E-state index in [0.717, 1.165) is 25.3 Å². The van der Waals surface area contributed by atoms with Gasteiger partial charge in [0.25, 0.3) is 5.91 Å². The van der Waals surface area contributed by atoms with Crippen LogP contribution in [-0.2, 0) is 10.9 Å². The number of rotatable bonds is 3. The lowest BCUT2D eigenvalue weighted by Gasteiger charge is -2.14. The first-order valence-corrected chi connectivity index (χ1v) is 6.63. The SMILES string of the molecule is COC(=O)c1cccc(NC(=O)c2ccccc2C(F)(F)F)c1O. The van der Waals surface area contributed by atoms with Gasteiger partial charge in [0.15, 0.2) is 5.75 Å². The highest BCUT2D eigenvalue weighted by Crippen LogP contribution is 2.33. The number of carbonyl (C=O) groups is 2. The van der Waals surface area contributed by atoms with Crippen molar-refractivity contribution in [2.45, 2.75) is 6.18 Å². The fraction of sp³-hybridized carbons (Fsp3) is 0.125. The minimum atomic E-state index is -4.70. The van der Waals surface area contributed by atoms with Gasteiger partial charge in [-0.1, -0.05) is 18.2 Å². The zero-order valence-electron chi connectivity index (χ0n) is 12.3. The monoisotopic (exact) mass is 339 g/mol. The van der Waals surface area contributed by atoms with Crippen molar-refractivity contribution in [3.8, 4) is 5.75 Å². The summed E-state index contributed by atoms with van der Waals surface area (Å²) in [5.41, 5.74) is -2.14. The summed E-state index contributed by atoms with van der Waals surface area (Å²) in [6, 6.07) is 8.08. The predicted octanol–water partition coefficient (Wildman–Crippen LogP) is 3.45. The summed E-state index contributed by atoms with van der Waals surface area (Å²) in [4.78, 5) is 23.6. The number of para-hydroxylation sites is 1. The van der Waals surface area contributed by atoms with E-state index in [1.54, 1.807) is 0 Å². The van der Waals surface area contributed by atoms with Gasteiger partial charge in [-0.25, -0.2) is 4.79 Å². The quantitative estimate of drug-likeness (QED) is 0.663. The van der Waals surface area contributed by atoms with Crippen molar-refractivity contribution < 1.29 is 32.6 Å². The molecule has 0 radical (unpaired) electrons. The van der Waals surface area contributed by atoms with E-state index in [1.165, 1.54) is 24.3 Å². The van der Waals surface area contributed by atoms with E-state index in [1.807, 2.05) is 0 Å². The number of ether oxygens (including phenoxy) is 1. The molecule has 0 heterocycles. The van der Waals surface area contributed by atoms with Gasteiger partial charge >= 0.3 is 12.1 Å². The Bertz CT molecular complexity index is 787. The average Bonchev–Trinajstić information content (AvgIpc) is 2.55. The molecule has 1 amide bonds. The van der Waals surface area contributed by atoms with E-state index < -0.39 is 34.9 Å². The summed E-state index contributed by atoms with van der Waals surface area (Å²) in [6.07, 6.45) is -4.70. The van der Waals surface area contributed by atoms with Crippen LogP contribution in [0, 0.1) is 0 Å². The smallest absolute Gasteiger partial charge is 0.417 e. The van der Waals surface area contributed by atoms with Gasteiger partial charge in [-0.05, 0) is 24.3 Å². The Morgan fingerprint density at radius 3 is 2.29 bits per heavy atom. The summed E-state index contributed by atoms with van der Waals surface area (Å²) in [7, 11) is 1.10. The third kappa shape index (κ3) is 3.48. The highest BCUT2D eigenvalue weighted by Gasteiger charge is 2.35. The van der Waals surface area contributed by atoms with Gasteiger partial charge in [-0.15, -0.1) is 0 Å². The minimum Gasteiger partial charge on any atom is -0.505 e. The van der Waals surface area contributed by atoms with Gasteiger partial charge < -0.3 is 15.2 Å². The number of hydrogen-bond donors (Lipinski definition) is 2. The maximum Gasteiger partial charge on any atom is 0.417 e. The van der Waals surface area contributed by atoms with Crippen molar-refractivity contribution >= 4 is 17.6 Å². The van der Waals surface area contributed by atoms with Crippen molar-refractivity contribution in [3.63, 3.8) is 0 Å². The summed E-state index contributed by atoms with van der Waals surface area (Å²) in [6.45, 7) is 0. The fourth-order valence-corrected chi connectivity index (χ4v) is 2.04. The number of nitrogens with one attached hydrogen (secondary N) is 1. The third-order valence-corrected chi connectivity index (χ3v) is 3.17. The molecular weight excluding hydrogens is 327 g/mol. The largest absolute Gasteiger partial charge is 0.505 e. The summed E-state index contributed by atoms with van der Waals surface area (Å²) in [5, 5.41) is 12.1. The molecule has 126 valence electrons. The average molecular weight is 339 g/mol. The Labute approximate surface area is 134 Å². The van der Waals surface area contributed by atoms with Crippen LogP contribution in [0.25, 0.3) is 0 Å². The predicted molar refractivity (Wildman–Crippen MR) is 78.8 cm³/mol. The second-order valence-corrected chi connectivity index (χ2v) is 4.69. The number of esters is 1. The second kappa shape index (κ2) is 6.61. The lowest BCUT2D eigenvalue weighted by molar-refractivity contribution is -0.137. The van der Waals surface area contributed by atoms with Gasteiger partial charge in [0, 0.05) is 0 Å². The van der Waals surface area contributed by atoms with Gasteiger partial charge in [-0.2, -0.15) is 13.2 Å². The van der Waals surface area contributed by atoms with Crippen LogP contribution in [0.15, 0.2) is 42.5 Å². The molecule has 2 rings (SSSR count). The number of phenols is 1. The molecule has 24 heavy (non-hydrogen) atoms. The van der Waals surface area contributed by atoms with Crippen LogP contribution in [0.5, 0.6) is 5.75 Å². The molecule has 0 atom stereocenters. The highest BCUT2D eigenvalue weighted by atomic mass is 19.4. The Kier molecular flexibility index (Phi) is 4.77. The summed E-state index contributed by atoms with van der Waals surface area (Å²) >= 11 is 0. The van der Waals surface area contributed by atoms with Crippen molar-refractivity contribution in [2.75, 3.05) is 12.4 Å². The van der Waals surface area contributed by atoms with E-state index in [0.29, 0.717) is 0 Å². The van der Waals surface area contributed by atoms with Crippen LogP contribution >= 0.6 is 0 Å². The molecule has 0 aliphatic heterocycles. The number of anilines is 1. The maximum absolute atomic E-state index is 13.0. The summed E-state index contributed by atoms with van der Waals surface area (Å²) in [5.74, 6) is -2.51. The van der Waals surface area contributed by atoms with E-state index in [9.17, 15) is 27.9 Å². The standard InChI is InChI=1S/C16H12F3NO4/c1-24-15(23)10-6-4-8-12(13(10)21)20-14(22)9-5-2-3-7-11(9)16(17,18)19/h2-8,21H,1H3,(H,20,22). The van der Waals surface area contributed by atoms with Gasteiger partial charge in [0.2, 0.25) is 0 Å². The number of phenolic OH excluding ortho intramolecular Hbond substituents is 1. The number of alkyl halides is 3. The number of carbonyl (C=O) groups excluding carboxylic acids is 2. The Balaban J connectivity index is 2.37. The zero-order valence-corrected chi connectivity index (χ0v) is 12.3. The molecule has 2 N–H and O–H groups in total. The highest BCUT2D eigenvalue weighted by molar-refractivity contribution is 6.07. The molecule has 0 spiro atoms. The fourth-order valence-electron chi connectivity index (χ4n) is 2.04. The van der Waals surface area contributed by atoms with Crippen molar-refractivity contribution in [1.82, 2.24) is 0 Å². The van der Waals surface area contributed by atoms with Crippen LogP contribution in [0.4, 0.5) is 18.9 Å². The number of benzene rings is 2.